The largest absolute Gasteiger partial charge is 0.347 e. The lowest BCUT2D eigenvalue weighted by Crippen LogP contribution is -2.48. The molecule has 0 aliphatic carbocycles. The minimum Gasteiger partial charge on any atom is -0.347 e. The van der Waals surface area contributed by atoms with Gasteiger partial charge in [-0.1, -0.05) is 18.2 Å². The van der Waals surface area contributed by atoms with E-state index < -0.39 is 0 Å². The van der Waals surface area contributed by atoms with Crippen LogP contribution in [0, 0.1) is 0 Å². The molecule has 22 heavy (non-hydrogen) atoms. The van der Waals surface area contributed by atoms with Crippen molar-refractivity contribution in [2.24, 2.45) is 0 Å². The third-order valence-electron chi connectivity index (χ3n) is 4.48. The highest BCUT2D eigenvalue weighted by atomic mass is 16.7. The molecule has 2 heterocycles. The van der Waals surface area contributed by atoms with Crippen LogP contribution in [0.3, 0.4) is 0 Å². The molecule has 0 atom stereocenters. The summed E-state index contributed by atoms with van der Waals surface area (Å²) in [5.41, 5.74) is 0.964. The summed E-state index contributed by atoms with van der Waals surface area (Å²) in [6.07, 6.45) is 1.69. The molecule has 5 nitrogen and oxygen atoms in total. The Morgan fingerprint density at radius 3 is 2.41 bits per heavy atom. The first-order chi connectivity index (χ1) is 10.7. The van der Waals surface area contributed by atoms with Gasteiger partial charge in [0.25, 0.3) is 0 Å². The number of ether oxygens (including phenoxy) is 2. The second-order valence-corrected chi connectivity index (χ2v) is 5.86. The van der Waals surface area contributed by atoms with E-state index in [2.05, 4.69) is 4.90 Å². The van der Waals surface area contributed by atoms with Gasteiger partial charge in [-0.3, -0.25) is 9.69 Å². The van der Waals surface area contributed by atoms with Gasteiger partial charge in [-0.05, 0) is 19.1 Å². The third-order valence-corrected chi connectivity index (χ3v) is 4.48. The molecule has 3 rings (SSSR count). The molecule has 2 saturated heterocycles. The van der Waals surface area contributed by atoms with Crippen LogP contribution in [0.5, 0.6) is 0 Å². The zero-order valence-corrected chi connectivity index (χ0v) is 13.2. The number of carbonyl (C=O) groups is 1. The molecule has 0 bridgehead atoms. The molecule has 0 aromatic heterocycles. The predicted molar refractivity (Wildman–Crippen MR) is 84.8 cm³/mol. The van der Waals surface area contributed by atoms with Crippen molar-refractivity contribution in [3.05, 3.63) is 30.3 Å². The van der Waals surface area contributed by atoms with Crippen LogP contribution in [0.1, 0.15) is 19.8 Å². The number of carbonyl (C=O) groups excluding carboxylic acids is 1. The number of likely N-dealkylation sites (N-methyl/N-ethyl adjacent to an activating group) is 1. The van der Waals surface area contributed by atoms with E-state index in [1.165, 1.54) is 0 Å². The Morgan fingerprint density at radius 1 is 1.18 bits per heavy atom. The molecular formula is C17H24N2O3. The Hall–Kier alpha value is -1.43. The van der Waals surface area contributed by atoms with Crippen molar-refractivity contribution in [2.45, 2.75) is 25.6 Å². The average molecular weight is 304 g/mol. The van der Waals surface area contributed by atoms with E-state index in [9.17, 15) is 4.79 Å². The molecule has 0 unspecified atom stereocenters. The van der Waals surface area contributed by atoms with Crippen molar-refractivity contribution in [2.75, 3.05) is 44.3 Å². The zero-order chi connectivity index (χ0) is 15.4. The minimum atomic E-state index is -0.372. The fraction of sp³-hybridized carbons (Fsp3) is 0.588. The summed E-state index contributed by atoms with van der Waals surface area (Å²) in [6.45, 7) is 6.23. The Morgan fingerprint density at radius 2 is 1.82 bits per heavy atom. The quantitative estimate of drug-likeness (QED) is 0.852. The number of nitrogens with zero attached hydrogens (tertiary/aromatic N) is 2. The number of piperidine rings is 1. The van der Waals surface area contributed by atoms with Gasteiger partial charge in [-0.2, -0.15) is 0 Å². The first kappa shape index (κ1) is 15.5. The Balaban J connectivity index is 1.55. The number of hydrogen-bond acceptors (Lipinski definition) is 4. The predicted octanol–water partition coefficient (Wildman–Crippen LogP) is 1.88. The van der Waals surface area contributed by atoms with Gasteiger partial charge in [-0.25, -0.2) is 0 Å². The van der Waals surface area contributed by atoms with E-state index in [-0.39, 0.29) is 11.7 Å². The molecule has 2 aliphatic heterocycles. The van der Waals surface area contributed by atoms with Crippen LogP contribution >= 0.6 is 0 Å². The first-order valence-electron chi connectivity index (χ1n) is 8.08. The fourth-order valence-corrected chi connectivity index (χ4v) is 3.23. The third kappa shape index (κ3) is 3.32. The van der Waals surface area contributed by atoms with Crippen molar-refractivity contribution in [1.82, 2.24) is 4.90 Å². The Bertz CT molecular complexity index is 490. The second-order valence-electron chi connectivity index (χ2n) is 5.86. The lowest BCUT2D eigenvalue weighted by atomic mass is 10.0. The fourth-order valence-electron chi connectivity index (χ4n) is 3.23. The number of rotatable bonds is 4. The van der Waals surface area contributed by atoms with Gasteiger partial charge in [0.2, 0.25) is 5.91 Å². The molecule has 2 aliphatic rings. The van der Waals surface area contributed by atoms with E-state index in [1.807, 2.05) is 42.2 Å². The smallest absolute Gasteiger partial charge is 0.241 e. The van der Waals surface area contributed by atoms with E-state index in [0.29, 0.717) is 26.3 Å². The van der Waals surface area contributed by atoms with Crippen LogP contribution in [-0.2, 0) is 14.3 Å². The molecule has 0 radical (unpaired) electrons. The van der Waals surface area contributed by atoms with Crippen LogP contribution < -0.4 is 4.90 Å². The summed E-state index contributed by atoms with van der Waals surface area (Å²) in [5, 5.41) is 0. The molecule has 1 spiro atoms. The maximum Gasteiger partial charge on any atom is 0.241 e. The van der Waals surface area contributed by atoms with Gasteiger partial charge >= 0.3 is 0 Å². The summed E-state index contributed by atoms with van der Waals surface area (Å²) in [6, 6.07) is 9.85. The van der Waals surface area contributed by atoms with Crippen LogP contribution in [0.15, 0.2) is 30.3 Å². The van der Waals surface area contributed by atoms with E-state index in [0.717, 1.165) is 31.6 Å². The summed E-state index contributed by atoms with van der Waals surface area (Å²) >= 11 is 0. The Labute approximate surface area is 131 Å². The lowest BCUT2D eigenvalue weighted by molar-refractivity contribution is -0.185. The second kappa shape index (κ2) is 6.77. The molecule has 0 N–H and O–H groups in total. The van der Waals surface area contributed by atoms with Gasteiger partial charge in [0, 0.05) is 38.2 Å². The summed E-state index contributed by atoms with van der Waals surface area (Å²) in [4.78, 5) is 16.6. The van der Waals surface area contributed by atoms with Gasteiger partial charge in [0.1, 0.15) is 0 Å². The average Bonchev–Trinajstić information content (AvgIpc) is 3.00. The topological polar surface area (TPSA) is 42.0 Å². The molecular weight excluding hydrogens is 280 g/mol. The molecule has 0 saturated carbocycles. The van der Waals surface area contributed by atoms with E-state index >= 15 is 0 Å². The monoisotopic (exact) mass is 304 g/mol. The highest BCUT2D eigenvalue weighted by molar-refractivity contribution is 5.94. The van der Waals surface area contributed by atoms with Gasteiger partial charge < -0.3 is 14.4 Å². The normalized spacial score (nSPS) is 21.1. The molecule has 1 aromatic carbocycles. The van der Waals surface area contributed by atoms with Crippen molar-refractivity contribution in [3.63, 3.8) is 0 Å². The maximum atomic E-state index is 12.6. The van der Waals surface area contributed by atoms with Crippen LogP contribution in [0.2, 0.25) is 0 Å². The standard InChI is InChI=1S/C17H24N2O3/c1-2-19(15-6-4-3-5-7-15)16(20)14-18-10-8-17(9-11-18)21-12-13-22-17/h3-7H,2,8-14H2,1H3. The number of benzene rings is 1. The van der Waals surface area contributed by atoms with Crippen LogP contribution in [-0.4, -0.2) is 56.0 Å². The number of hydrogen-bond donors (Lipinski definition) is 0. The van der Waals surface area contributed by atoms with Gasteiger partial charge in [-0.15, -0.1) is 0 Å². The number of amides is 1. The first-order valence-corrected chi connectivity index (χ1v) is 8.08. The highest BCUT2D eigenvalue weighted by Crippen LogP contribution is 2.31. The molecule has 1 amide bonds. The van der Waals surface area contributed by atoms with Crippen LogP contribution in [0.4, 0.5) is 5.69 Å². The molecule has 120 valence electrons. The van der Waals surface area contributed by atoms with Gasteiger partial charge in [0.05, 0.1) is 19.8 Å². The zero-order valence-electron chi connectivity index (χ0n) is 13.2. The number of likely N-dealkylation sites (tertiary alicyclic amines) is 1. The highest BCUT2D eigenvalue weighted by Gasteiger charge is 2.40. The number of anilines is 1. The van der Waals surface area contributed by atoms with Crippen molar-refractivity contribution >= 4 is 11.6 Å². The van der Waals surface area contributed by atoms with Gasteiger partial charge in [0.15, 0.2) is 5.79 Å². The van der Waals surface area contributed by atoms with E-state index in [4.69, 9.17) is 9.47 Å². The summed E-state index contributed by atoms with van der Waals surface area (Å²) < 4.78 is 11.5. The molecule has 1 aromatic rings. The number of para-hydroxylation sites is 1. The Kier molecular flexibility index (Phi) is 4.76. The SMILES string of the molecule is CCN(C(=O)CN1CCC2(CC1)OCCO2)c1ccccc1. The van der Waals surface area contributed by atoms with Crippen molar-refractivity contribution in [1.29, 1.82) is 0 Å². The lowest BCUT2D eigenvalue weighted by Gasteiger charge is -2.37. The minimum absolute atomic E-state index is 0.151. The summed E-state index contributed by atoms with van der Waals surface area (Å²) in [7, 11) is 0. The van der Waals surface area contributed by atoms with Crippen molar-refractivity contribution in [3.8, 4) is 0 Å². The summed E-state index contributed by atoms with van der Waals surface area (Å²) in [5.74, 6) is -0.221. The van der Waals surface area contributed by atoms with E-state index in [1.54, 1.807) is 0 Å². The molecule has 5 heteroatoms. The van der Waals surface area contributed by atoms with Crippen LogP contribution in [0.25, 0.3) is 0 Å². The van der Waals surface area contributed by atoms with Crippen molar-refractivity contribution < 1.29 is 14.3 Å². The molecule has 2 fully saturated rings. The maximum absolute atomic E-state index is 12.6.